The average Bonchev–Trinajstić information content (AvgIpc) is 1.99. The zero-order valence-corrected chi connectivity index (χ0v) is 9.17. The van der Waals surface area contributed by atoms with Crippen LogP contribution in [0.25, 0.3) is 0 Å². The van der Waals surface area contributed by atoms with Crippen molar-refractivity contribution in [1.82, 2.24) is 0 Å². The van der Waals surface area contributed by atoms with Crippen LogP contribution in [0, 0.1) is 5.82 Å². The second kappa shape index (κ2) is 4.09. The summed E-state index contributed by atoms with van der Waals surface area (Å²) in [4.78, 5) is 10.8. The summed E-state index contributed by atoms with van der Waals surface area (Å²) in [5.74, 6) is -1.10. The Hall–Kier alpha value is -0.620. The predicted octanol–water partition coefficient (Wildman–Crippen LogP) is 3.99. The van der Waals surface area contributed by atoms with Gasteiger partial charge in [0.2, 0.25) is 0 Å². The maximum atomic E-state index is 12.7. The van der Waals surface area contributed by atoms with Crippen LogP contribution < -0.4 is 0 Å². The summed E-state index contributed by atoms with van der Waals surface area (Å²) >= 11 is 7.63. The van der Waals surface area contributed by atoms with Crippen molar-refractivity contribution >= 4 is 32.8 Å². The summed E-state index contributed by atoms with van der Waals surface area (Å²) in [6.07, 6.45) is -4.83. The van der Waals surface area contributed by atoms with Gasteiger partial charge < -0.3 is 0 Å². The van der Waals surface area contributed by atoms with E-state index >= 15 is 0 Å². The fourth-order valence-electron chi connectivity index (χ4n) is 0.997. The first-order valence-electron chi connectivity index (χ1n) is 3.49. The number of rotatable bonds is 1. The van der Waals surface area contributed by atoms with Crippen molar-refractivity contribution in [2.45, 2.75) is 6.18 Å². The van der Waals surface area contributed by atoms with Crippen LogP contribution in [0.2, 0.25) is 0 Å². The van der Waals surface area contributed by atoms with Gasteiger partial charge in [-0.05, 0) is 39.7 Å². The first-order chi connectivity index (χ1) is 6.73. The Balaban J connectivity index is 3.54. The van der Waals surface area contributed by atoms with Crippen LogP contribution in [-0.4, -0.2) is 5.24 Å². The molecule has 0 aliphatic heterocycles. The molecule has 1 rings (SSSR count). The van der Waals surface area contributed by atoms with Crippen molar-refractivity contribution < 1.29 is 22.4 Å². The van der Waals surface area contributed by atoms with E-state index in [1.165, 1.54) is 0 Å². The van der Waals surface area contributed by atoms with Crippen LogP contribution >= 0.6 is 27.5 Å². The Morgan fingerprint density at radius 3 is 2.27 bits per heavy atom. The normalized spacial score (nSPS) is 11.6. The highest BCUT2D eigenvalue weighted by molar-refractivity contribution is 9.10. The molecule has 0 amide bonds. The van der Waals surface area contributed by atoms with Gasteiger partial charge in [-0.3, -0.25) is 4.79 Å². The van der Waals surface area contributed by atoms with Gasteiger partial charge in [0.15, 0.2) is 0 Å². The van der Waals surface area contributed by atoms with Gasteiger partial charge in [-0.2, -0.15) is 13.2 Å². The molecule has 0 aromatic heterocycles. The van der Waals surface area contributed by atoms with E-state index in [0.29, 0.717) is 0 Å². The summed E-state index contributed by atoms with van der Waals surface area (Å²) in [5, 5.41) is -1.30. The van der Waals surface area contributed by atoms with Gasteiger partial charge >= 0.3 is 6.18 Å². The van der Waals surface area contributed by atoms with E-state index in [-0.39, 0.29) is 10.5 Å². The molecule has 0 heterocycles. The highest BCUT2D eigenvalue weighted by atomic mass is 79.9. The van der Waals surface area contributed by atoms with Crippen LogP contribution in [-0.2, 0) is 6.18 Å². The number of carbonyl (C=O) groups is 1. The Morgan fingerprint density at radius 1 is 1.33 bits per heavy atom. The quantitative estimate of drug-likeness (QED) is 0.566. The third kappa shape index (κ3) is 2.69. The number of alkyl halides is 3. The van der Waals surface area contributed by atoms with Crippen molar-refractivity contribution in [1.29, 1.82) is 0 Å². The smallest absolute Gasteiger partial charge is 0.276 e. The molecule has 15 heavy (non-hydrogen) atoms. The van der Waals surface area contributed by atoms with Crippen LogP contribution in [0.5, 0.6) is 0 Å². The molecular formula is C8H2BrClF4O. The minimum atomic E-state index is -4.83. The van der Waals surface area contributed by atoms with Crippen LogP contribution in [0.4, 0.5) is 17.6 Å². The molecule has 0 spiro atoms. The summed E-state index contributed by atoms with van der Waals surface area (Å²) in [6.45, 7) is 0. The highest BCUT2D eigenvalue weighted by Crippen LogP contribution is 2.36. The Kier molecular flexibility index (Phi) is 3.40. The van der Waals surface area contributed by atoms with E-state index in [4.69, 9.17) is 11.6 Å². The predicted molar refractivity (Wildman–Crippen MR) is 49.3 cm³/mol. The first-order valence-corrected chi connectivity index (χ1v) is 4.66. The lowest BCUT2D eigenvalue weighted by molar-refractivity contribution is -0.138. The third-order valence-electron chi connectivity index (χ3n) is 1.56. The fourth-order valence-corrected chi connectivity index (χ4v) is 1.93. The Labute approximate surface area is 95.2 Å². The molecule has 0 bridgehead atoms. The molecule has 0 N–H and O–H groups in total. The van der Waals surface area contributed by atoms with E-state index in [1.807, 2.05) is 0 Å². The number of carbonyl (C=O) groups excluding carboxylic acids is 1. The molecule has 0 aliphatic rings. The Morgan fingerprint density at radius 2 is 1.87 bits per heavy atom. The molecule has 1 nitrogen and oxygen atoms in total. The van der Waals surface area contributed by atoms with Crippen molar-refractivity contribution in [3.8, 4) is 0 Å². The standard InChI is InChI=1S/C8H2BrClF4O/c9-5-2-3(11)1-4(8(12,13)14)6(5)7(10)15/h1-2H. The second-order valence-electron chi connectivity index (χ2n) is 2.58. The lowest BCUT2D eigenvalue weighted by Gasteiger charge is -2.11. The van der Waals surface area contributed by atoms with Crippen molar-refractivity contribution in [3.63, 3.8) is 0 Å². The molecule has 0 saturated heterocycles. The lowest BCUT2D eigenvalue weighted by Crippen LogP contribution is -2.12. The highest BCUT2D eigenvalue weighted by Gasteiger charge is 2.36. The number of hydrogen-bond donors (Lipinski definition) is 0. The topological polar surface area (TPSA) is 17.1 Å². The van der Waals surface area contributed by atoms with Crippen molar-refractivity contribution in [2.24, 2.45) is 0 Å². The number of hydrogen-bond acceptors (Lipinski definition) is 1. The maximum absolute atomic E-state index is 12.7. The monoisotopic (exact) mass is 304 g/mol. The molecule has 1 aromatic rings. The summed E-state index contributed by atoms with van der Waals surface area (Å²) in [7, 11) is 0. The molecule has 0 aliphatic carbocycles. The van der Waals surface area contributed by atoms with Gasteiger partial charge in [0.1, 0.15) is 5.82 Å². The first kappa shape index (κ1) is 12.4. The molecule has 0 radical (unpaired) electrons. The van der Waals surface area contributed by atoms with Crippen LogP contribution in [0.15, 0.2) is 16.6 Å². The molecule has 1 aromatic carbocycles. The van der Waals surface area contributed by atoms with Crippen molar-refractivity contribution in [3.05, 3.63) is 33.5 Å². The molecule has 0 saturated carbocycles. The van der Waals surface area contributed by atoms with Crippen LogP contribution in [0.1, 0.15) is 15.9 Å². The van der Waals surface area contributed by atoms with Gasteiger partial charge in [0, 0.05) is 4.47 Å². The molecular weight excluding hydrogens is 303 g/mol. The fraction of sp³-hybridized carbons (Fsp3) is 0.125. The molecule has 82 valence electrons. The average molecular weight is 305 g/mol. The SMILES string of the molecule is O=C(Cl)c1c(Br)cc(F)cc1C(F)(F)F. The van der Waals surface area contributed by atoms with Gasteiger partial charge in [0.25, 0.3) is 5.24 Å². The number of halogens is 6. The molecule has 0 unspecified atom stereocenters. The Bertz CT molecular complexity index is 416. The summed E-state index contributed by atoms with van der Waals surface area (Å²) in [6, 6.07) is 0.964. The van der Waals surface area contributed by atoms with Gasteiger partial charge in [-0.15, -0.1) is 0 Å². The van der Waals surface area contributed by atoms with E-state index in [0.717, 1.165) is 6.07 Å². The molecule has 7 heteroatoms. The van der Waals surface area contributed by atoms with E-state index in [2.05, 4.69) is 15.9 Å². The minimum absolute atomic E-state index is 0.223. The van der Waals surface area contributed by atoms with Gasteiger partial charge in [0.05, 0.1) is 11.1 Å². The summed E-state index contributed by atoms with van der Waals surface area (Å²) in [5.41, 5.74) is -2.18. The second-order valence-corrected chi connectivity index (χ2v) is 3.78. The van der Waals surface area contributed by atoms with Gasteiger partial charge in [-0.25, -0.2) is 4.39 Å². The third-order valence-corrected chi connectivity index (χ3v) is 2.37. The van der Waals surface area contributed by atoms with E-state index in [9.17, 15) is 22.4 Å². The van der Waals surface area contributed by atoms with E-state index < -0.39 is 28.4 Å². The van der Waals surface area contributed by atoms with Crippen LogP contribution in [0.3, 0.4) is 0 Å². The summed E-state index contributed by atoms with van der Waals surface area (Å²) < 4.78 is 49.5. The zero-order valence-electron chi connectivity index (χ0n) is 6.83. The number of benzene rings is 1. The largest absolute Gasteiger partial charge is 0.417 e. The molecule has 0 fully saturated rings. The molecule has 0 atom stereocenters. The zero-order chi connectivity index (χ0) is 11.8. The maximum Gasteiger partial charge on any atom is 0.417 e. The van der Waals surface area contributed by atoms with E-state index in [1.54, 1.807) is 0 Å². The minimum Gasteiger partial charge on any atom is -0.276 e. The lowest BCUT2D eigenvalue weighted by atomic mass is 10.1. The van der Waals surface area contributed by atoms with Gasteiger partial charge in [-0.1, -0.05) is 0 Å². The van der Waals surface area contributed by atoms with Crippen molar-refractivity contribution in [2.75, 3.05) is 0 Å².